The molecule has 0 amide bonds. The first kappa shape index (κ1) is 56.4. The summed E-state index contributed by atoms with van der Waals surface area (Å²) in [6.07, 6.45) is 42.3. The number of esters is 3. The topological polar surface area (TPSA) is 78.9 Å². The second-order valence-corrected chi connectivity index (χ2v) is 19.0. The van der Waals surface area contributed by atoms with E-state index in [0.29, 0.717) is 19.3 Å². The molecule has 0 saturated carbocycles. The van der Waals surface area contributed by atoms with Gasteiger partial charge in [-0.2, -0.15) is 0 Å². The summed E-state index contributed by atoms with van der Waals surface area (Å²) in [5, 5.41) is 0. The Morgan fingerprint density at radius 3 is 0.897 bits per heavy atom. The molecule has 0 aromatic carbocycles. The third-order valence-electron chi connectivity index (χ3n) is 12.0. The van der Waals surface area contributed by atoms with Crippen molar-refractivity contribution in [3.63, 3.8) is 0 Å². The summed E-state index contributed by atoms with van der Waals surface area (Å²) in [5.74, 6) is 1.64. The molecule has 0 rings (SSSR count). The molecule has 0 aliphatic carbocycles. The minimum absolute atomic E-state index is 0.0651. The number of unbranched alkanes of at least 4 members (excludes halogenated alkanes) is 27. The van der Waals surface area contributed by atoms with Gasteiger partial charge in [0.1, 0.15) is 13.2 Å². The fourth-order valence-electron chi connectivity index (χ4n) is 7.73. The van der Waals surface area contributed by atoms with Crippen LogP contribution >= 0.6 is 0 Å². The molecule has 0 bridgehead atoms. The number of carbonyl (C=O) groups excluding carboxylic acids is 3. The van der Waals surface area contributed by atoms with E-state index >= 15 is 0 Å². The minimum Gasteiger partial charge on any atom is -0.462 e. The largest absolute Gasteiger partial charge is 0.462 e. The predicted octanol–water partition coefficient (Wildman–Crippen LogP) is 16.4. The smallest absolute Gasteiger partial charge is 0.306 e. The summed E-state index contributed by atoms with van der Waals surface area (Å²) in [6.45, 7) is 13.7. The highest BCUT2D eigenvalue weighted by atomic mass is 16.6. The first-order valence-corrected chi connectivity index (χ1v) is 25.6. The average molecular weight is 821 g/mol. The Hall–Kier alpha value is -1.59. The molecule has 0 fully saturated rings. The first-order valence-electron chi connectivity index (χ1n) is 25.6. The average Bonchev–Trinajstić information content (AvgIpc) is 3.19. The Bertz CT molecular complexity index is 900. The van der Waals surface area contributed by atoms with Crippen molar-refractivity contribution in [3.05, 3.63) is 0 Å². The van der Waals surface area contributed by atoms with Crippen molar-refractivity contribution in [1.29, 1.82) is 0 Å². The maximum absolute atomic E-state index is 12.8. The van der Waals surface area contributed by atoms with Gasteiger partial charge >= 0.3 is 17.9 Å². The molecule has 58 heavy (non-hydrogen) atoms. The van der Waals surface area contributed by atoms with Crippen molar-refractivity contribution in [2.45, 2.75) is 285 Å². The zero-order valence-corrected chi connectivity index (χ0v) is 39.8. The van der Waals surface area contributed by atoms with Crippen LogP contribution in [0.25, 0.3) is 0 Å². The summed E-state index contributed by atoms with van der Waals surface area (Å²) >= 11 is 0. The summed E-state index contributed by atoms with van der Waals surface area (Å²) in [6, 6.07) is 0. The van der Waals surface area contributed by atoms with Crippen LogP contribution in [0.15, 0.2) is 0 Å². The van der Waals surface area contributed by atoms with E-state index in [2.05, 4.69) is 41.5 Å². The standard InChI is InChI=1S/C52H100O6/c1-7-48(6)40-34-28-22-15-12-13-17-25-31-37-43-52(55)58-49(45-57-51(54)42-36-30-24-19-18-21-27-33-39-47(4)5)44-56-50(53)41-35-29-23-16-11-9-8-10-14-20-26-32-38-46(2)3/h46-49H,7-45H2,1-6H3/t48?,49-/m0/s1. The van der Waals surface area contributed by atoms with Crippen molar-refractivity contribution in [1.82, 2.24) is 0 Å². The van der Waals surface area contributed by atoms with Gasteiger partial charge < -0.3 is 14.2 Å². The lowest BCUT2D eigenvalue weighted by molar-refractivity contribution is -0.167. The predicted molar refractivity (Wildman–Crippen MR) is 247 cm³/mol. The normalized spacial score (nSPS) is 12.6. The van der Waals surface area contributed by atoms with Crippen LogP contribution in [-0.2, 0) is 28.6 Å². The van der Waals surface area contributed by atoms with Crippen molar-refractivity contribution in [2.75, 3.05) is 13.2 Å². The van der Waals surface area contributed by atoms with Gasteiger partial charge in [0.15, 0.2) is 6.10 Å². The van der Waals surface area contributed by atoms with E-state index in [9.17, 15) is 14.4 Å². The highest BCUT2D eigenvalue weighted by molar-refractivity contribution is 5.71. The van der Waals surface area contributed by atoms with Crippen LogP contribution in [0.5, 0.6) is 0 Å². The van der Waals surface area contributed by atoms with E-state index in [1.807, 2.05) is 0 Å². The molecule has 1 unspecified atom stereocenters. The number of ether oxygens (including phenoxy) is 3. The summed E-state index contributed by atoms with van der Waals surface area (Å²) in [5.41, 5.74) is 0. The van der Waals surface area contributed by atoms with Crippen LogP contribution in [0, 0.1) is 17.8 Å². The number of rotatable bonds is 45. The highest BCUT2D eigenvalue weighted by Gasteiger charge is 2.19. The molecule has 0 heterocycles. The van der Waals surface area contributed by atoms with Gasteiger partial charge in [0.2, 0.25) is 0 Å². The number of carbonyl (C=O) groups is 3. The van der Waals surface area contributed by atoms with Gasteiger partial charge in [0.25, 0.3) is 0 Å². The monoisotopic (exact) mass is 821 g/mol. The molecular weight excluding hydrogens is 721 g/mol. The van der Waals surface area contributed by atoms with Crippen LogP contribution in [0.3, 0.4) is 0 Å². The van der Waals surface area contributed by atoms with Gasteiger partial charge in [-0.25, -0.2) is 0 Å². The molecule has 344 valence electrons. The minimum atomic E-state index is -0.763. The highest BCUT2D eigenvalue weighted by Crippen LogP contribution is 2.18. The SMILES string of the molecule is CCC(C)CCCCCCCCCCCCC(=O)O[C@@H](COC(=O)CCCCCCCCCCCCCCC(C)C)COC(=O)CCCCCCCCCCC(C)C. The fourth-order valence-corrected chi connectivity index (χ4v) is 7.73. The maximum atomic E-state index is 12.8. The molecule has 0 aliphatic rings. The zero-order valence-electron chi connectivity index (χ0n) is 39.8. The Labute approximate surface area is 361 Å². The molecule has 0 N–H and O–H groups in total. The van der Waals surface area contributed by atoms with E-state index < -0.39 is 6.10 Å². The molecule has 0 aliphatic heterocycles. The molecular formula is C52H100O6. The molecule has 6 nitrogen and oxygen atoms in total. The summed E-state index contributed by atoms with van der Waals surface area (Å²) < 4.78 is 16.8. The second kappa shape index (κ2) is 43.5. The van der Waals surface area contributed by atoms with Gasteiger partial charge in [0, 0.05) is 19.3 Å². The third kappa shape index (κ3) is 44.0. The number of hydrogen-bond donors (Lipinski definition) is 0. The van der Waals surface area contributed by atoms with E-state index in [1.54, 1.807) is 0 Å². The van der Waals surface area contributed by atoms with Gasteiger partial charge in [-0.3, -0.25) is 14.4 Å². The lowest BCUT2D eigenvalue weighted by Gasteiger charge is -2.18. The van der Waals surface area contributed by atoms with Gasteiger partial charge in [-0.15, -0.1) is 0 Å². The van der Waals surface area contributed by atoms with Gasteiger partial charge in [0.05, 0.1) is 0 Å². The lowest BCUT2D eigenvalue weighted by atomic mass is 9.99. The Morgan fingerprint density at radius 1 is 0.345 bits per heavy atom. The molecule has 0 aromatic heterocycles. The Kier molecular flexibility index (Phi) is 42.3. The maximum Gasteiger partial charge on any atom is 0.306 e. The van der Waals surface area contributed by atoms with Crippen LogP contribution in [-0.4, -0.2) is 37.2 Å². The Balaban J connectivity index is 4.32. The molecule has 2 atom stereocenters. The zero-order chi connectivity index (χ0) is 42.7. The Morgan fingerprint density at radius 2 is 0.603 bits per heavy atom. The lowest BCUT2D eigenvalue weighted by Crippen LogP contribution is -2.30. The quantitative estimate of drug-likeness (QED) is 0.0346. The van der Waals surface area contributed by atoms with Crippen molar-refractivity contribution in [3.8, 4) is 0 Å². The van der Waals surface area contributed by atoms with Crippen molar-refractivity contribution >= 4 is 17.9 Å². The van der Waals surface area contributed by atoms with Crippen LogP contribution in [0.1, 0.15) is 279 Å². The van der Waals surface area contributed by atoms with Crippen LogP contribution in [0.4, 0.5) is 0 Å². The van der Waals surface area contributed by atoms with Crippen molar-refractivity contribution < 1.29 is 28.6 Å². The van der Waals surface area contributed by atoms with E-state index in [-0.39, 0.29) is 31.1 Å². The van der Waals surface area contributed by atoms with Crippen molar-refractivity contribution in [2.24, 2.45) is 17.8 Å². The van der Waals surface area contributed by atoms with E-state index in [4.69, 9.17) is 14.2 Å². The van der Waals surface area contributed by atoms with Gasteiger partial charge in [-0.05, 0) is 37.0 Å². The van der Waals surface area contributed by atoms with Gasteiger partial charge in [-0.1, -0.05) is 241 Å². The molecule has 0 spiro atoms. The third-order valence-corrected chi connectivity index (χ3v) is 12.0. The second-order valence-electron chi connectivity index (χ2n) is 19.0. The summed E-state index contributed by atoms with van der Waals surface area (Å²) in [7, 11) is 0. The molecule has 0 aromatic rings. The molecule has 0 saturated heterocycles. The van der Waals surface area contributed by atoms with Crippen LogP contribution < -0.4 is 0 Å². The molecule has 6 heteroatoms. The number of hydrogen-bond acceptors (Lipinski definition) is 6. The first-order chi connectivity index (χ1) is 28.1. The fraction of sp³-hybridized carbons (Fsp3) is 0.942. The van der Waals surface area contributed by atoms with Crippen LogP contribution in [0.2, 0.25) is 0 Å². The molecule has 0 radical (unpaired) electrons. The summed E-state index contributed by atoms with van der Waals surface area (Å²) in [4.78, 5) is 37.9. The van der Waals surface area contributed by atoms with E-state index in [1.165, 1.54) is 161 Å². The van der Waals surface area contributed by atoms with E-state index in [0.717, 1.165) is 75.5 Å².